The molecule has 2 heterocycles. The van der Waals surface area contributed by atoms with Gasteiger partial charge in [0.25, 0.3) is 5.91 Å². The predicted octanol–water partition coefficient (Wildman–Crippen LogP) is 5.30. The van der Waals surface area contributed by atoms with E-state index in [9.17, 15) is 9.18 Å². The van der Waals surface area contributed by atoms with E-state index in [1.54, 1.807) is 48.1 Å². The summed E-state index contributed by atoms with van der Waals surface area (Å²) in [4.78, 5) is 16.4. The number of benzene rings is 2. The van der Waals surface area contributed by atoms with Gasteiger partial charge >= 0.3 is 0 Å². The van der Waals surface area contributed by atoms with Crippen molar-refractivity contribution in [1.29, 1.82) is 0 Å². The van der Waals surface area contributed by atoms with Crippen LogP contribution in [-0.2, 0) is 6.54 Å². The van der Waals surface area contributed by atoms with Crippen molar-refractivity contribution in [2.24, 2.45) is 0 Å². The second-order valence-electron chi connectivity index (χ2n) is 6.37. The van der Waals surface area contributed by atoms with E-state index in [1.807, 2.05) is 32.0 Å². The molecule has 2 N–H and O–H groups in total. The number of nitrogens with one attached hydrogen (secondary N) is 2. The number of anilines is 1. The Balaban J connectivity index is 0.00000132. The van der Waals surface area contributed by atoms with E-state index in [2.05, 4.69) is 36.6 Å². The Morgan fingerprint density at radius 2 is 1.90 bits per heavy atom. The number of hydrogen-bond acceptors (Lipinski definition) is 4. The topological polar surface area (TPSA) is 71.3 Å². The fourth-order valence-electron chi connectivity index (χ4n) is 3.03. The van der Waals surface area contributed by atoms with Crippen LogP contribution < -0.4 is 10.6 Å². The van der Waals surface area contributed by atoms with E-state index >= 15 is 0 Å². The maximum Gasteiger partial charge on any atom is 0.251 e. The Labute approximate surface area is 188 Å². The summed E-state index contributed by atoms with van der Waals surface area (Å²) in [7, 11) is 1.60. The van der Waals surface area contributed by atoms with Crippen LogP contribution in [0.1, 0.15) is 29.8 Å². The van der Waals surface area contributed by atoms with Gasteiger partial charge in [0.15, 0.2) is 5.65 Å². The highest BCUT2D eigenvalue weighted by atomic mass is 79.9. The molecular weight excluding hydrogens is 461 g/mol. The van der Waals surface area contributed by atoms with Crippen molar-refractivity contribution in [3.63, 3.8) is 0 Å². The lowest BCUT2D eigenvalue weighted by atomic mass is 10.1. The summed E-state index contributed by atoms with van der Waals surface area (Å²) in [5.74, 6) is 0.171. The molecule has 0 aliphatic carbocycles. The Hall–Kier alpha value is -3.26. The molecule has 0 aliphatic heterocycles. The van der Waals surface area contributed by atoms with Gasteiger partial charge in [-0.05, 0) is 45.8 Å². The first-order valence-corrected chi connectivity index (χ1v) is 10.7. The zero-order valence-electron chi connectivity index (χ0n) is 17.5. The van der Waals surface area contributed by atoms with Gasteiger partial charge in [-0.15, -0.1) is 0 Å². The number of nitrogens with zero attached hydrogens (tertiary/aromatic N) is 3. The van der Waals surface area contributed by atoms with Gasteiger partial charge in [-0.1, -0.05) is 38.1 Å². The molecule has 6 nitrogen and oxygen atoms in total. The SMILES string of the molecule is CC.CNC(=O)c1cccc(CNc2cc(-c3ccccc3F)nc3c(Br)cnn23)c1. The molecule has 0 radical (unpaired) electrons. The minimum Gasteiger partial charge on any atom is -0.366 e. The summed E-state index contributed by atoms with van der Waals surface area (Å²) in [6.45, 7) is 4.46. The van der Waals surface area contributed by atoms with Crippen LogP contribution in [0.2, 0.25) is 0 Å². The second kappa shape index (κ2) is 10.2. The number of rotatable bonds is 5. The summed E-state index contributed by atoms with van der Waals surface area (Å²) in [5.41, 5.74) is 2.99. The van der Waals surface area contributed by atoms with Crippen LogP contribution in [0.15, 0.2) is 65.3 Å². The molecule has 0 aliphatic rings. The van der Waals surface area contributed by atoms with Crippen molar-refractivity contribution in [2.75, 3.05) is 12.4 Å². The minimum atomic E-state index is -0.343. The maximum absolute atomic E-state index is 14.3. The standard InChI is InChI=1S/C21H17BrFN5O.C2H6/c1-24-21(29)14-6-4-5-13(9-14)11-25-19-10-18(15-7-2-3-8-17(15)23)27-20-16(22)12-26-28(19)20;1-2/h2-10,12,25H,11H2,1H3,(H,24,29);1-2H3. The second-order valence-corrected chi connectivity index (χ2v) is 7.22. The largest absolute Gasteiger partial charge is 0.366 e. The van der Waals surface area contributed by atoms with Gasteiger partial charge in [-0.2, -0.15) is 9.61 Å². The average molecular weight is 484 g/mol. The molecule has 0 bridgehead atoms. The zero-order chi connectivity index (χ0) is 22.4. The summed E-state index contributed by atoms with van der Waals surface area (Å²) in [6.07, 6.45) is 1.64. The normalized spacial score (nSPS) is 10.4. The zero-order valence-corrected chi connectivity index (χ0v) is 19.1. The molecular formula is C23H23BrFN5O. The van der Waals surface area contributed by atoms with E-state index in [0.717, 1.165) is 5.56 Å². The van der Waals surface area contributed by atoms with Crippen LogP contribution in [-0.4, -0.2) is 27.6 Å². The highest BCUT2D eigenvalue weighted by molar-refractivity contribution is 9.10. The van der Waals surface area contributed by atoms with E-state index < -0.39 is 0 Å². The van der Waals surface area contributed by atoms with Crippen molar-refractivity contribution in [1.82, 2.24) is 19.9 Å². The third kappa shape index (κ3) is 4.91. The van der Waals surface area contributed by atoms with Crippen molar-refractivity contribution < 1.29 is 9.18 Å². The average Bonchev–Trinajstić information content (AvgIpc) is 3.19. The lowest BCUT2D eigenvalue weighted by Gasteiger charge is -2.12. The highest BCUT2D eigenvalue weighted by Gasteiger charge is 2.14. The Bertz CT molecular complexity index is 1210. The lowest BCUT2D eigenvalue weighted by Crippen LogP contribution is -2.18. The first kappa shape index (κ1) is 22.4. The smallest absolute Gasteiger partial charge is 0.251 e. The van der Waals surface area contributed by atoms with Crippen LogP contribution in [0, 0.1) is 5.82 Å². The molecule has 0 saturated carbocycles. The van der Waals surface area contributed by atoms with Crippen molar-refractivity contribution in [3.05, 3.63) is 82.2 Å². The maximum atomic E-state index is 14.3. The van der Waals surface area contributed by atoms with Crippen molar-refractivity contribution in [3.8, 4) is 11.3 Å². The number of carbonyl (C=O) groups is 1. The van der Waals surface area contributed by atoms with Gasteiger partial charge in [0.1, 0.15) is 11.6 Å². The quantitative estimate of drug-likeness (QED) is 0.404. The summed E-state index contributed by atoms with van der Waals surface area (Å²) in [6, 6.07) is 15.6. The van der Waals surface area contributed by atoms with Crippen LogP contribution in [0.5, 0.6) is 0 Å². The third-order valence-corrected chi connectivity index (χ3v) is 5.03. The van der Waals surface area contributed by atoms with Gasteiger partial charge in [0, 0.05) is 30.8 Å². The van der Waals surface area contributed by atoms with E-state index in [0.29, 0.717) is 39.3 Å². The first-order valence-electron chi connectivity index (χ1n) is 9.91. The van der Waals surface area contributed by atoms with Gasteiger partial charge < -0.3 is 10.6 Å². The molecule has 2 aromatic heterocycles. The first-order chi connectivity index (χ1) is 15.1. The molecule has 0 fully saturated rings. The molecule has 0 unspecified atom stereocenters. The predicted molar refractivity (Wildman–Crippen MR) is 125 cm³/mol. The van der Waals surface area contributed by atoms with Crippen LogP contribution in [0.25, 0.3) is 16.9 Å². The fraction of sp³-hybridized carbons (Fsp3) is 0.174. The third-order valence-electron chi connectivity index (χ3n) is 4.47. The number of carbonyl (C=O) groups excluding carboxylic acids is 1. The fourth-order valence-corrected chi connectivity index (χ4v) is 3.38. The van der Waals surface area contributed by atoms with Crippen LogP contribution >= 0.6 is 15.9 Å². The molecule has 0 spiro atoms. The molecule has 8 heteroatoms. The number of halogens is 2. The highest BCUT2D eigenvalue weighted by Crippen LogP contribution is 2.27. The summed E-state index contributed by atoms with van der Waals surface area (Å²) >= 11 is 3.44. The molecule has 4 rings (SSSR count). The molecule has 31 heavy (non-hydrogen) atoms. The molecule has 0 atom stereocenters. The Morgan fingerprint density at radius 3 is 2.65 bits per heavy atom. The molecule has 0 saturated heterocycles. The van der Waals surface area contributed by atoms with Gasteiger partial charge in [0.2, 0.25) is 0 Å². The molecule has 4 aromatic rings. The number of amides is 1. The van der Waals surface area contributed by atoms with E-state index in [4.69, 9.17) is 0 Å². The molecule has 2 aromatic carbocycles. The minimum absolute atomic E-state index is 0.143. The van der Waals surface area contributed by atoms with E-state index in [1.165, 1.54) is 6.07 Å². The monoisotopic (exact) mass is 483 g/mol. The number of hydrogen-bond donors (Lipinski definition) is 2. The Kier molecular flexibility index (Phi) is 7.36. The number of fused-ring (bicyclic) bond motifs is 1. The lowest BCUT2D eigenvalue weighted by molar-refractivity contribution is 0.0963. The van der Waals surface area contributed by atoms with Crippen molar-refractivity contribution in [2.45, 2.75) is 20.4 Å². The van der Waals surface area contributed by atoms with Crippen LogP contribution in [0.4, 0.5) is 10.2 Å². The molecule has 1 amide bonds. The van der Waals surface area contributed by atoms with Gasteiger partial charge in [-0.3, -0.25) is 4.79 Å². The summed E-state index contributed by atoms with van der Waals surface area (Å²) < 4.78 is 16.7. The van der Waals surface area contributed by atoms with E-state index in [-0.39, 0.29) is 11.7 Å². The van der Waals surface area contributed by atoms with Crippen molar-refractivity contribution >= 4 is 33.3 Å². The van der Waals surface area contributed by atoms with Gasteiger partial charge in [0.05, 0.1) is 16.4 Å². The Morgan fingerprint density at radius 1 is 1.13 bits per heavy atom. The summed E-state index contributed by atoms with van der Waals surface area (Å²) in [5, 5.41) is 10.3. The van der Waals surface area contributed by atoms with Gasteiger partial charge in [-0.25, -0.2) is 9.37 Å². The van der Waals surface area contributed by atoms with Crippen LogP contribution in [0.3, 0.4) is 0 Å². The number of aromatic nitrogens is 3. The molecule has 160 valence electrons.